The van der Waals surface area contributed by atoms with Crippen LogP contribution < -0.4 is 25.1 Å². The molecule has 0 atom stereocenters. The topological polar surface area (TPSA) is 85.9 Å². The summed E-state index contributed by atoms with van der Waals surface area (Å²) in [5.74, 6) is 0.568. The summed E-state index contributed by atoms with van der Waals surface area (Å²) in [5, 5.41) is 0. The van der Waals surface area contributed by atoms with Crippen molar-refractivity contribution in [3.63, 3.8) is 0 Å². The summed E-state index contributed by atoms with van der Waals surface area (Å²) in [6.45, 7) is 0. The Labute approximate surface area is 153 Å². The summed E-state index contributed by atoms with van der Waals surface area (Å²) in [7, 11) is 4.50. The number of halogens is 1. The largest absolute Gasteiger partial charge is 0.497 e. The van der Waals surface area contributed by atoms with Crippen molar-refractivity contribution in [1.82, 2.24) is 10.9 Å². The monoisotopic (exact) mass is 408 g/mol. The lowest BCUT2D eigenvalue weighted by Crippen LogP contribution is -2.41. The van der Waals surface area contributed by atoms with Crippen LogP contribution in [-0.4, -0.2) is 33.1 Å². The first kappa shape index (κ1) is 18.6. The number of hydrazine groups is 1. The first-order valence-corrected chi connectivity index (χ1v) is 7.95. The Morgan fingerprint density at radius 1 is 0.800 bits per heavy atom. The van der Waals surface area contributed by atoms with Gasteiger partial charge >= 0.3 is 0 Å². The van der Waals surface area contributed by atoms with Gasteiger partial charge in [-0.05, 0) is 46.3 Å². The Morgan fingerprint density at radius 3 is 1.84 bits per heavy atom. The molecule has 0 aromatic heterocycles. The minimum absolute atomic E-state index is 0.285. The molecule has 25 heavy (non-hydrogen) atoms. The number of carbonyl (C=O) groups is 2. The number of hydrogen-bond acceptors (Lipinski definition) is 5. The summed E-state index contributed by atoms with van der Waals surface area (Å²) in [6.07, 6.45) is 0. The maximum Gasteiger partial charge on any atom is 0.269 e. The number of amides is 2. The van der Waals surface area contributed by atoms with Crippen LogP contribution in [0.25, 0.3) is 0 Å². The van der Waals surface area contributed by atoms with Crippen LogP contribution in [0.4, 0.5) is 0 Å². The molecule has 7 nitrogen and oxygen atoms in total. The van der Waals surface area contributed by atoms with Gasteiger partial charge in [-0.2, -0.15) is 0 Å². The quantitative estimate of drug-likeness (QED) is 0.742. The third kappa shape index (κ3) is 4.63. The van der Waals surface area contributed by atoms with Crippen molar-refractivity contribution >= 4 is 27.7 Å². The average molecular weight is 409 g/mol. The molecule has 0 spiro atoms. The highest BCUT2D eigenvalue weighted by atomic mass is 79.9. The first-order chi connectivity index (χ1) is 12.0. The van der Waals surface area contributed by atoms with E-state index >= 15 is 0 Å². The van der Waals surface area contributed by atoms with E-state index in [1.807, 2.05) is 0 Å². The number of methoxy groups -OCH3 is 3. The lowest BCUT2D eigenvalue weighted by Gasteiger charge is -2.11. The van der Waals surface area contributed by atoms with Gasteiger partial charge in [-0.15, -0.1) is 0 Å². The first-order valence-electron chi connectivity index (χ1n) is 7.15. The second-order valence-electron chi connectivity index (χ2n) is 4.86. The normalized spacial score (nSPS) is 9.92. The molecule has 0 fully saturated rings. The van der Waals surface area contributed by atoms with Crippen LogP contribution in [0.2, 0.25) is 0 Å². The van der Waals surface area contributed by atoms with Gasteiger partial charge in [0.2, 0.25) is 0 Å². The van der Waals surface area contributed by atoms with E-state index in [-0.39, 0.29) is 5.56 Å². The molecule has 0 radical (unpaired) electrons. The van der Waals surface area contributed by atoms with Crippen LogP contribution in [0.5, 0.6) is 17.2 Å². The Balaban J connectivity index is 2.06. The van der Waals surface area contributed by atoms with Crippen LogP contribution in [0, 0.1) is 0 Å². The highest BCUT2D eigenvalue weighted by Gasteiger charge is 2.13. The van der Waals surface area contributed by atoms with E-state index < -0.39 is 11.8 Å². The highest BCUT2D eigenvalue weighted by molar-refractivity contribution is 9.10. The fraction of sp³-hybridized carbons (Fsp3) is 0.176. The van der Waals surface area contributed by atoms with Crippen LogP contribution >= 0.6 is 15.9 Å². The SMILES string of the molecule is COc1cc(OC)cc(C(=O)NNC(=O)c2ccc(OC)c(Br)c2)c1. The smallest absolute Gasteiger partial charge is 0.269 e. The van der Waals surface area contributed by atoms with Crippen molar-refractivity contribution in [2.45, 2.75) is 0 Å². The number of carbonyl (C=O) groups excluding carboxylic acids is 2. The fourth-order valence-electron chi connectivity index (χ4n) is 2.00. The Kier molecular flexibility index (Phi) is 6.24. The molecule has 0 aliphatic carbocycles. The lowest BCUT2D eigenvalue weighted by atomic mass is 10.2. The van der Waals surface area contributed by atoms with E-state index in [4.69, 9.17) is 14.2 Å². The molecule has 2 aromatic carbocycles. The standard InChI is InChI=1S/C17H17BrN2O5/c1-23-12-6-11(7-13(9-12)24-2)17(22)20-19-16(21)10-4-5-15(25-3)14(18)8-10/h4-9H,1-3H3,(H,19,21)(H,20,22). The number of nitrogens with one attached hydrogen (secondary N) is 2. The molecule has 2 N–H and O–H groups in total. The molecule has 8 heteroatoms. The zero-order valence-corrected chi connectivity index (χ0v) is 15.5. The van der Waals surface area contributed by atoms with Gasteiger partial charge in [-0.25, -0.2) is 0 Å². The Morgan fingerprint density at radius 2 is 1.36 bits per heavy atom. The minimum atomic E-state index is -0.502. The van der Waals surface area contributed by atoms with E-state index in [0.717, 1.165) is 0 Å². The van der Waals surface area contributed by atoms with Crippen LogP contribution in [0.1, 0.15) is 20.7 Å². The van der Waals surface area contributed by atoms with Crippen molar-refractivity contribution in [2.75, 3.05) is 21.3 Å². The van der Waals surface area contributed by atoms with E-state index in [1.54, 1.807) is 24.3 Å². The van der Waals surface area contributed by atoms with E-state index in [0.29, 0.717) is 27.3 Å². The molecule has 0 unspecified atom stereocenters. The second-order valence-corrected chi connectivity index (χ2v) is 5.71. The molecular formula is C17H17BrN2O5. The number of ether oxygens (including phenoxy) is 3. The number of benzene rings is 2. The van der Waals surface area contributed by atoms with Gasteiger partial charge in [-0.1, -0.05) is 0 Å². The molecule has 0 saturated carbocycles. The average Bonchev–Trinajstić information content (AvgIpc) is 2.65. The maximum atomic E-state index is 12.2. The van der Waals surface area contributed by atoms with Crippen LogP contribution in [0.3, 0.4) is 0 Å². The Hall–Kier alpha value is -2.74. The van der Waals surface area contributed by atoms with Gasteiger partial charge in [0.15, 0.2) is 0 Å². The van der Waals surface area contributed by atoms with Crippen molar-refractivity contribution in [1.29, 1.82) is 0 Å². The third-order valence-corrected chi connectivity index (χ3v) is 3.94. The van der Waals surface area contributed by atoms with E-state index in [2.05, 4.69) is 26.8 Å². The molecule has 0 aliphatic heterocycles. The summed E-state index contributed by atoms with van der Waals surface area (Å²) >= 11 is 3.30. The molecule has 2 amide bonds. The molecular weight excluding hydrogens is 392 g/mol. The molecule has 0 bridgehead atoms. The molecule has 0 heterocycles. The predicted octanol–water partition coefficient (Wildman–Crippen LogP) is 2.55. The number of hydrogen-bond donors (Lipinski definition) is 2. The van der Waals surface area contributed by atoms with Crippen molar-refractivity contribution < 1.29 is 23.8 Å². The van der Waals surface area contributed by atoms with Crippen LogP contribution in [0.15, 0.2) is 40.9 Å². The minimum Gasteiger partial charge on any atom is -0.497 e. The van der Waals surface area contributed by atoms with Gasteiger partial charge in [0.1, 0.15) is 17.2 Å². The maximum absolute atomic E-state index is 12.2. The molecule has 2 aromatic rings. The predicted molar refractivity (Wildman–Crippen MR) is 95.2 cm³/mol. The van der Waals surface area contributed by atoms with E-state index in [1.165, 1.54) is 33.5 Å². The summed E-state index contributed by atoms with van der Waals surface area (Å²) in [5.41, 5.74) is 5.35. The molecule has 132 valence electrons. The number of rotatable bonds is 5. The third-order valence-electron chi connectivity index (χ3n) is 3.32. The van der Waals surface area contributed by atoms with Gasteiger partial charge in [0, 0.05) is 17.2 Å². The zero-order chi connectivity index (χ0) is 18.4. The summed E-state index contributed by atoms with van der Waals surface area (Å²) < 4.78 is 16.0. The van der Waals surface area contributed by atoms with Crippen molar-refractivity contribution in [3.8, 4) is 17.2 Å². The molecule has 0 aliphatic rings. The molecule has 2 rings (SSSR count). The van der Waals surface area contributed by atoms with Gasteiger partial charge < -0.3 is 14.2 Å². The Bertz CT molecular complexity index is 772. The van der Waals surface area contributed by atoms with Crippen molar-refractivity contribution in [2.24, 2.45) is 0 Å². The lowest BCUT2D eigenvalue weighted by molar-refractivity contribution is 0.0846. The van der Waals surface area contributed by atoms with Gasteiger partial charge in [-0.3, -0.25) is 20.4 Å². The molecule has 0 saturated heterocycles. The fourth-order valence-corrected chi connectivity index (χ4v) is 2.54. The van der Waals surface area contributed by atoms with Crippen LogP contribution in [-0.2, 0) is 0 Å². The second kappa shape index (κ2) is 8.39. The van der Waals surface area contributed by atoms with Crippen molar-refractivity contribution in [3.05, 3.63) is 52.0 Å². The van der Waals surface area contributed by atoms with E-state index in [9.17, 15) is 9.59 Å². The van der Waals surface area contributed by atoms with Gasteiger partial charge in [0.25, 0.3) is 11.8 Å². The summed E-state index contributed by atoms with van der Waals surface area (Å²) in [6, 6.07) is 9.54. The van der Waals surface area contributed by atoms with Gasteiger partial charge in [0.05, 0.1) is 25.8 Å². The highest BCUT2D eigenvalue weighted by Crippen LogP contribution is 2.25. The summed E-state index contributed by atoms with van der Waals surface area (Å²) in [4.78, 5) is 24.4. The zero-order valence-electron chi connectivity index (χ0n) is 13.9.